The van der Waals surface area contributed by atoms with Crippen molar-refractivity contribution in [2.24, 2.45) is 0 Å². The molecule has 0 aliphatic rings. The van der Waals surface area contributed by atoms with Crippen LogP contribution in [0.3, 0.4) is 0 Å². The predicted octanol–water partition coefficient (Wildman–Crippen LogP) is 2.48. The van der Waals surface area contributed by atoms with Crippen LogP contribution in [0.15, 0.2) is 53.9 Å². The van der Waals surface area contributed by atoms with E-state index in [2.05, 4.69) is 15.2 Å². The quantitative estimate of drug-likeness (QED) is 0.558. The highest BCUT2D eigenvalue weighted by Crippen LogP contribution is 2.21. The normalized spacial score (nSPS) is 11.2. The summed E-state index contributed by atoms with van der Waals surface area (Å²) in [6, 6.07) is 3.82. The summed E-state index contributed by atoms with van der Waals surface area (Å²) in [5.41, 5.74) is 4.57. The number of aryl methyl sites for hydroxylation is 1. The molecule has 0 amide bonds. The van der Waals surface area contributed by atoms with Crippen molar-refractivity contribution < 1.29 is 4.42 Å². The summed E-state index contributed by atoms with van der Waals surface area (Å²) in [4.78, 5) is 4.51. The van der Waals surface area contributed by atoms with E-state index in [0.29, 0.717) is 0 Å². The maximum atomic E-state index is 5.09. The van der Waals surface area contributed by atoms with Gasteiger partial charge in [0.2, 0.25) is 0 Å². The lowest BCUT2D eigenvalue weighted by Gasteiger charge is -1.98. The molecule has 0 aromatic carbocycles. The molecular formula is C14H11N5O. The number of rotatable bonds is 2. The Bertz CT molecular complexity index is 872. The molecular weight excluding hydrogens is 254 g/mol. The Labute approximate surface area is 114 Å². The lowest BCUT2D eigenvalue weighted by molar-refractivity contribution is 0.568. The van der Waals surface area contributed by atoms with Crippen molar-refractivity contribution in [2.75, 3.05) is 0 Å². The Kier molecular flexibility index (Phi) is 2.23. The summed E-state index contributed by atoms with van der Waals surface area (Å²) in [5, 5.41) is 8.66. The van der Waals surface area contributed by atoms with Crippen LogP contribution in [0.25, 0.3) is 22.5 Å². The van der Waals surface area contributed by atoms with E-state index in [1.54, 1.807) is 34.1 Å². The third-order valence-corrected chi connectivity index (χ3v) is 3.17. The van der Waals surface area contributed by atoms with Gasteiger partial charge in [0.05, 0.1) is 24.9 Å². The molecule has 0 bridgehead atoms. The van der Waals surface area contributed by atoms with Crippen LogP contribution in [0.4, 0.5) is 0 Å². The van der Waals surface area contributed by atoms with Gasteiger partial charge in [-0.05, 0) is 19.1 Å². The second-order valence-electron chi connectivity index (χ2n) is 4.55. The van der Waals surface area contributed by atoms with Crippen molar-refractivity contribution in [3.63, 3.8) is 0 Å². The molecule has 20 heavy (non-hydrogen) atoms. The second-order valence-corrected chi connectivity index (χ2v) is 4.55. The number of nitrogens with zero attached hydrogens (tertiary/aromatic N) is 5. The Balaban J connectivity index is 1.85. The largest absolute Gasteiger partial charge is 0.472 e. The fourth-order valence-corrected chi connectivity index (χ4v) is 2.14. The molecule has 0 saturated heterocycles. The zero-order chi connectivity index (χ0) is 13.5. The summed E-state index contributed by atoms with van der Waals surface area (Å²) in [7, 11) is 0. The standard InChI is InChI=1S/C14H11N5O/c1-10-2-4-18-14(17-10)13(7-16-18)19-8-12(6-15-19)11-3-5-20-9-11/h2-9H,1H3. The van der Waals surface area contributed by atoms with Crippen LogP contribution in [0.1, 0.15) is 5.69 Å². The minimum Gasteiger partial charge on any atom is -0.472 e. The third kappa shape index (κ3) is 1.62. The van der Waals surface area contributed by atoms with Crippen LogP contribution in [0.5, 0.6) is 0 Å². The molecule has 6 nitrogen and oxygen atoms in total. The van der Waals surface area contributed by atoms with Gasteiger partial charge in [-0.15, -0.1) is 0 Å². The fourth-order valence-electron chi connectivity index (χ4n) is 2.14. The molecule has 0 radical (unpaired) electrons. The van der Waals surface area contributed by atoms with Gasteiger partial charge in [0, 0.05) is 29.2 Å². The van der Waals surface area contributed by atoms with Gasteiger partial charge in [-0.3, -0.25) is 0 Å². The molecule has 0 spiro atoms. The van der Waals surface area contributed by atoms with Crippen molar-refractivity contribution in [1.29, 1.82) is 0 Å². The van der Waals surface area contributed by atoms with E-state index in [0.717, 1.165) is 28.2 Å². The van der Waals surface area contributed by atoms with Gasteiger partial charge in [-0.1, -0.05) is 0 Å². The van der Waals surface area contributed by atoms with Gasteiger partial charge in [-0.2, -0.15) is 10.2 Å². The molecule has 0 N–H and O–H groups in total. The molecule has 4 rings (SSSR count). The van der Waals surface area contributed by atoms with Gasteiger partial charge < -0.3 is 4.42 Å². The molecule has 4 aromatic rings. The first-order chi connectivity index (χ1) is 9.81. The molecule has 0 unspecified atom stereocenters. The molecule has 0 aliphatic heterocycles. The summed E-state index contributed by atoms with van der Waals surface area (Å²) in [5.74, 6) is 0. The van der Waals surface area contributed by atoms with Crippen molar-refractivity contribution in [3.05, 3.63) is 55.1 Å². The number of hydrogen-bond donors (Lipinski definition) is 0. The van der Waals surface area contributed by atoms with E-state index < -0.39 is 0 Å². The average molecular weight is 265 g/mol. The molecule has 0 fully saturated rings. The monoisotopic (exact) mass is 265 g/mol. The second kappa shape index (κ2) is 4.06. The van der Waals surface area contributed by atoms with Crippen molar-refractivity contribution in [2.45, 2.75) is 6.92 Å². The first kappa shape index (κ1) is 11.0. The minimum absolute atomic E-state index is 0.784. The van der Waals surface area contributed by atoms with Crippen LogP contribution in [0, 0.1) is 6.92 Å². The number of fused-ring (bicyclic) bond motifs is 1. The smallest absolute Gasteiger partial charge is 0.181 e. The Morgan fingerprint density at radius 3 is 2.90 bits per heavy atom. The summed E-state index contributed by atoms with van der Waals surface area (Å²) < 4.78 is 8.60. The van der Waals surface area contributed by atoms with Crippen LogP contribution in [-0.2, 0) is 0 Å². The average Bonchev–Trinajstić information content (AvgIpc) is 3.17. The molecule has 98 valence electrons. The Morgan fingerprint density at radius 1 is 1.10 bits per heavy atom. The van der Waals surface area contributed by atoms with Crippen LogP contribution in [0.2, 0.25) is 0 Å². The zero-order valence-corrected chi connectivity index (χ0v) is 10.8. The van der Waals surface area contributed by atoms with Crippen LogP contribution < -0.4 is 0 Å². The fraction of sp³-hybridized carbons (Fsp3) is 0.0714. The van der Waals surface area contributed by atoms with Crippen molar-refractivity contribution in [1.82, 2.24) is 24.4 Å². The molecule has 0 aliphatic carbocycles. The first-order valence-electron chi connectivity index (χ1n) is 6.20. The summed E-state index contributed by atoms with van der Waals surface area (Å²) in [6.45, 7) is 1.96. The van der Waals surface area contributed by atoms with E-state index in [1.165, 1.54) is 0 Å². The summed E-state index contributed by atoms with van der Waals surface area (Å²) >= 11 is 0. The first-order valence-corrected chi connectivity index (χ1v) is 6.20. The van der Waals surface area contributed by atoms with E-state index in [9.17, 15) is 0 Å². The minimum atomic E-state index is 0.784. The highest BCUT2D eigenvalue weighted by atomic mass is 16.3. The lowest BCUT2D eigenvalue weighted by atomic mass is 10.2. The predicted molar refractivity (Wildman–Crippen MR) is 72.5 cm³/mol. The molecule has 6 heteroatoms. The topological polar surface area (TPSA) is 61.2 Å². The van der Waals surface area contributed by atoms with E-state index >= 15 is 0 Å². The molecule has 0 saturated carbocycles. The third-order valence-electron chi connectivity index (χ3n) is 3.17. The van der Waals surface area contributed by atoms with Crippen molar-refractivity contribution in [3.8, 4) is 16.8 Å². The van der Waals surface area contributed by atoms with Gasteiger partial charge >= 0.3 is 0 Å². The molecule has 4 aromatic heterocycles. The van der Waals surface area contributed by atoms with E-state index in [-0.39, 0.29) is 0 Å². The van der Waals surface area contributed by atoms with E-state index in [4.69, 9.17) is 4.42 Å². The highest BCUT2D eigenvalue weighted by molar-refractivity contribution is 5.63. The van der Waals surface area contributed by atoms with Gasteiger partial charge in [0.15, 0.2) is 5.65 Å². The zero-order valence-electron chi connectivity index (χ0n) is 10.8. The SMILES string of the molecule is Cc1ccn2ncc(-n3cc(-c4ccoc4)cn3)c2n1. The maximum absolute atomic E-state index is 5.09. The summed E-state index contributed by atoms with van der Waals surface area (Å²) in [6.07, 6.45) is 10.7. The van der Waals surface area contributed by atoms with E-state index in [1.807, 2.05) is 31.5 Å². The van der Waals surface area contributed by atoms with Gasteiger partial charge in [-0.25, -0.2) is 14.2 Å². The van der Waals surface area contributed by atoms with Crippen LogP contribution in [-0.4, -0.2) is 24.4 Å². The lowest BCUT2D eigenvalue weighted by Crippen LogP contribution is -1.96. The molecule has 4 heterocycles. The maximum Gasteiger partial charge on any atom is 0.181 e. The number of aromatic nitrogens is 5. The van der Waals surface area contributed by atoms with Crippen LogP contribution >= 0.6 is 0 Å². The Morgan fingerprint density at radius 2 is 2.05 bits per heavy atom. The molecule has 0 atom stereocenters. The van der Waals surface area contributed by atoms with Gasteiger partial charge in [0.25, 0.3) is 0 Å². The number of hydrogen-bond acceptors (Lipinski definition) is 4. The number of furan rings is 1. The van der Waals surface area contributed by atoms with Gasteiger partial charge in [0.1, 0.15) is 5.69 Å². The Hall–Kier alpha value is -2.89. The highest BCUT2D eigenvalue weighted by Gasteiger charge is 2.10. The van der Waals surface area contributed by atoms with Crippen molar-refractivity contribution >= 4 is 5.65 Å².